The van der Waals surface area contributed by atoms with Crippen molar-refractivity contribution >= 4 is 34.1 Å². The summed E-state index contributed by atoms with van der Waals surface area (Å²) < 4.78 is 6.64. The van der Waals surface area contributed by atoms with Gasteiger partial charge in [-0.05, 0) is 82.4 Å². The highest BCUT2D eigenvalue weighted by Crippen LogP contribution is 2.62. The molecule has 3 nitrogen and oxygen atoms in total. The van der Waals surface area contributed by atoms with Crippen molar-refractivity contribution in [2.45, 2.75) is 38.5 Å². The Labute approximate surface area is 265 Å². The first-order valence-electron chi connectivity index (χ1n) is 15.8. The smallest absolute Gasteiger partial charge is 0.152 e. The molecule has 0 saturated heterocycles. The lowest BCUT2D eigenvalue weighted by atomic mass is 9.72. The summed E-state index contributed by atoms with van der Waals surface area (Å²) in [6.07, 6.45) is 0. The molecule has 6 aromatic carbocycles. The lowest BCUT2D eigenvalue weighted by Gasteiger charge is -2.46. The van der Waals surface area contributed by atoms with Crippen LogP contribution in [0.1, 0.15) is 49.9 Å². The van der Waals surface area contributed by atoms with Gasteiger partial charge >= 0.3 is 0 Å². The Bertz CT molecular complexity index is 2160. The van der Waals surface area contributed by atoms with Gasteiger partial charge in [0.25, 0.3) is 0 Å². The van der Waals surface area contributed by atoms with Gasteiger partial charge in [0.05, 0.1) is 22.7 Å². The molecule has 0 amide bonds. The third kappa shape index (κ3) is 3.52. The molecule has 2 heterocycles. The molecule has 0 fully saturated rings. The molecule has 3 heteroatoms. The second-order valence-corrected chi connectivity index (χ2v) is 13.4. The molecule has 6 aromatic rings. The first-order chi connectivity index (χ1) is 21.9. The van der Waals surface area contributed by atoms with E-state index in [0.29, 0.717) is 0 Å². The van der Waals surface area contributed by atoms with Crippen LogP contribution >= 0.6 is 0 Å². The highest BCUT2D eigenvalue weighted by Gasteiger charge is 2.44. The zero-order chi connectivity index (χ0) is 30.5. The molecule has 0 radical (unpaired) electrons. The largest absolute Gasteiger partial charge is 0.453 e. The zero-order valence-electron chi connectivity index (χ0n) is 26.0. The molecule has 0 aromatic heterocycles. The van der Waals surface area contributed by atoms with Gasteiger partial charge < -0.3 is 14.5 Å². The van der Waals surface area contributed by atoms with E-state index in [1.54, 1.807) is 0 Å². The van der Waals surface area contributed by atoms with Gasteiger partial charge in [0.1, 0.15) is 0 Å². The maximum atomic E-state index is 6.64. The maximum absolute atomic E-state index is 6.64. The molecule has 3 aliphatic rings. The van der Waals surface area contributed by atoms with Crippen molar-refractivity contribution in [3.8, 4) is 22.6 Å². The summed E-state index contributed by atoms with van der Waals surface area (Å²) in [5.41, 5.74) is 14.4. The van der Waals surface area contributed by atoms with Crippen molar-refractivity contribution < 1.29 is 4.74 Å². The third-order valence-electron chi connectivity index (χ3n) is 10.2. The van der Waals surface area contributed by atoms with Gasteiger partial charge in [0, 0.05) is 27.8 Å². The first kappa shape index (κ1) is 26.2. The lowest BCUT2D eigenvalue weighted by Crippen LogP contribution is -2.34. The number of ether oxygens (including phenoxy) is 1. The van der Waals surface area contributed by atoms with Gasteiger partial charge in [0.2, 0.25) is 0 Å². The summed E-state index contributed by atoms with van der Waals surface area (Å²) in [4.78, 5) is 4.86. The highest BCUT2D eigenvalue weighted by atomic mass is 16.5. The predicted molar refractivity (Wildman–Crippen MR) is 186 cm³/mol. The molecule has 0 N–H and O–H groups in total. The van der Waals surface area contributed by atoms with Crippen molar-refractivity contribution in [1.82, 2.24) is 0 Å². The molecule has 0 unspecified atom stereocenters. The van der Waals surface area contributed by atoms with E-state index in [4.69, 9.17) is 4.74 Å². The van der Waals surface area contributed by atoms with Crippen LogP contribution in [-0.2, 0) is 10.8 Å². The van der Waals surface area contributed by atoms with E-state index in [2.05, 4.69) is 165 Å². The van der Waals surface area contributed by atoms with Crippen LogP contribution in [0.15, 0.2) is 133 Å². The molecule has 1 aliphatic carbocycles. The number of rotatable bonds is 3. The van der Waals surface area contributed by atoms with Gasteiger partial charge in [0.15, 0.2) is 11.5 Å². The van der Waals surface area contributed by atoms with Crippen LogP contribution in [0.25, 0.3) is 11.1 Å². The predicted octanol–water partition coefficient (Wildman–Crippen LogP) is 11.7. The monoisotopic (exact) mass is 582 g/mol. The second kappa shape index (κ2) is 9.12. The number of hydrogen-bond acceptors (Lipinski definition) is 3. The molecule has 218 valence electrons. The first-order valence-corrected chi connectivity index (χ1v) is 15.8. The van der Waals surface area contributed by atoms with E-state index in [-0.39, 0.29) is 10.8 Å². The summed E-state index contributed by atoms with van der Waals surface area (Å²) in [7, 11) is 0. The van der Waals surface area contributed by atoms with Crippen molar-refractivity contribution in [2.24, 2.45) is 0 Å². The summed E-state index contributed by atoms with van der Waals surface area (Å²) in [6.45, 7) is 9.41. The fraction of sp³-hybridized carbons (Fsp3) is 0.143. The number of benzene rings is 6. The quantitative estimate of drug-likeness (QED) is 0.206. The minimum Gasteiger partial charge on any atom is -0.453 e. The standard InChI is InChI=1S/C42H34N2O/c1-41(2)31-17-9-8-16-29(31)30-23-22-28(26-33(30)41)43(27-14-6-5-7-15-27)36-24-25-38-40-39(36)42(3,4)32-18-10-11-19-34(32)44(40)35-20-12-13-21-37(35)45-38/h5-26H,1-4H3. The fourth-order valence-corrected chi connectivity index (χ4v) is 8.05. The molecule has 0 atom stereocenters. The minimum atomic E-state index is -0.303. The fourth-order valence-electron chi connectivity index (χ4n) is 8.05. The molecule has 9 rings (SSSR count). The van der Waals surface area contributed by atoms with Crippen molar-refractivity contribution in [1.29, 1.82) is 0 Å². The highest BCUT2D eigenvalue weighted by molar-refractivity contribution is 5.98. The Kier molecular flexibility index (Phi) is 5.30. The molecule has 0 bridgehead atoms. The Hall–Kier alpha value is -5.28. The van der Waals surface area contributed by atoms with Gasteiger partial charge in [-0.25, -0.2) is 0 Å². The number of fused-ring (bicyclic) bond motifs is 7. The van der Waals surface area contributed by atoms with Crippen LogP contribution in [0.5, 0.6) is 11.5 Å². The van der Waals surface area contributed by atoms with E-state index in [9.17, 15) is 0 Å². The van der Waals surface area contributed by atoms with E-state index in [1.807, 2.05) is 6.07 Å². The molecule has 2 aliphatic heterocycles. The topological polar surface area (TPSA) is 15.7 Å². The molecular formula is C42H34N2O. The van der Waals surface area contributed by atoms with Crippen molar-refractivity contribution in [2.75, 3.05) is 9.80 Å². The minimum absolute atomic E-state index is 0.0963. The Balaban J connectivity index is 1.33. The van der Waals surface area contributed by atoms with Gasteiger partial charge in [-0.3, -0.25) is 0 Å². The number of hydrogen-bond donors (Lipinski definition) is 0. The average molecular weight is 583 g/mol. The molecule has 45 heavy (non-hydrogen) atoms. The summed E-state index contributed by atoms with van der Waals surface area (Å²) in [5.74, 6) is 1.76. The van der Waals surface area contributed by atoms with Gasteiger partial charge in [-0.1, -0.05) is 107 Å². The second-order valence-electron chi connectivity index (χ2n) is 13.4. The lowest BCUT2D eigenvalue weighted by molar-refractivity contribution is 0.471. The van der Waals surface area contributed by atoms with Crippen LogP contribution in [-0.4, -0.2) is 0 Å². The van der Waals surface area contributed by atoms with Crippen LogP contribution in [0.2, 0.25) is 0 Å². The molecular weight excluding hydrogens is 548 g/mol. The van der Waals surface area contributed by atoms with Crippen LogP contribution in [0, 0.1) is 0 Å². The van der Waals surface area contributed by atoms with E-state index >= 15 is 0 Å². The van der Waals surface area contributed by atoms with E-state index < -0.39 is 0 Å². The normalized spacial score (nSPS) is 15.6. The van der Waals surface area contributed by atoms with Crippen LogP contribution in [0.3, 0.4) is 0 Å². The van der Waals surface area contributed by atoms with Crippen molar-refractivity contribution in [3.63, 3.8) is 0 Å². The molecule has 0 spiro atoms. The van der Waals surface area contributed by atoms with Crippen LogP contribution < -0.4 is 14.5 Å². The van der Waals surface area contributed by atoms with E-state index in [0.717, 1.165) is 39.9 Å². The Morgan fingerprint density at radius 2 is 1.18 bits per heavy atom. The van der Waals surface area contributed by atoms with Crippen LogP contribution in [0.4, 0.5) is 34.1 Å². The Morgan fingerprint density at radius 3 is 2.00 bits per heavy atom. The van der Waals surface area contributed by atoms with Gasteiger partial charge in [-0.15, -0.1) is 0 Å². The zero-order valence-corrected chi connectivity index (χ0v) is 26.0. The average Bonchev–Trinajstić information content (AvgIpc) is 3.29. The number of nitrogens with zero attached hydrogens (tertiary/aromatic N) is 2. The Morgan fingerprint density at radius 1 is 0.511 bits per heavy atom. The number of para-hydroxylation sites is 4. The number of anilines is 6. The van der Waals surface area contributed by atoms with Gasteiger partial charge in [-0.2, -0.15) is 0 Å². The van der Waals surface area contributed by atoms with Crippen molar-refractivity contribution in [3.05, 3.63) is 156 Å². The summed E-state index contributed by atoms with van der Waals surface area (Å²) >= 11 is 0. The van der Waals surface area contributed by atoms with E-state index in [1.165, 1.54) is 39.1 Å². The SMILES string of the molecule is CC1(C)c2ccccc2-c2ccc(N(c3ccccc3)c3ccc4c5c3C(C)(C)c3ccccc3N5c3ccccc3O4)cc21. The third-order valence-corrected chi connectivity index (χ3v) is 10.2. The maximum Gasteiger partial charge on any atom is 0.152 e. The molecule has 0 saturated carbocycles. The summed E-state index contributed by atoms with van der Waals surface area (Å²) in [6, 6.07) is 48.3. The summed E-state index contributed by atoms with van der Waals surface area (Å²) in [5, 5.41) is 0.